The lowest BCUT2D eigenvalue weighted by atomic mass is 10.2. The lowest BCUT2D eigenvalue weighted by Gasteiger charge is -2.11. The molecule has 0 unspecified atom stereocenters. The predicted octanol–water partition coefficient (Wildman–Crippen LogP) is -0.723. The van der Waals surface area contributed by atoms with E-state index in [4.69, 9.17) is 4.74 Å². The SMILES string of the molecule is OC[C@@H](COCc1ccccc1)[n+]1ccc2ccncc2c1.[Cl-]. The topological polar surface area (TPSA) is 46.2 Å². The van der Waals surface area contributed by atoms with Gasteiger partial charge in [0.1, 0.15) is 13.2 Å². The maximum Gasteiger partial charge on any atom is 0.204 e. The lowest BCUT2D eigenvalue weighted by molar-refractivity contribution is -0.725. The summed E-state index contributed by atoms with van der Waals surface area (Å²) < 4.78 is 7.72. The Balaban J connectivity index is 0.00000192. The van der Waals surface area contributed by atoms with Gasteiger partial charge in [-0.05, 0) is 17.0 Å². The van der Waals surface area contributed by atoms with Gasteiger partial charge >= 0.3 is 0 Å². The van der Waals surface area contributed by atoms with Gasteiger partial charge in [-0.2, -0.15) is 4.57 Å². The van der Waals surface area contributed by atoms with Crippen molar-refractivity contribution in [1.29, 1.82) is 0 Å². The fourth-order valence-electron chi connectivity index (χ4n) is 2.39. The highest BCUT2D eigenvalue weighted by molar-refractivity contribution is 5.79. The van der Waals surface area contributed by atoms with Crippen molar-refractivity contribution in [2.45, 2.75) is 12.6 Å². The van der Waals surface area contributed by atoms with Crippen LogP contribution in [0.3, 0.4) is 0 Å². The molecule has 0 fully saturated rings. The average Bonchev–Trinajstić information content (AvgIpc) is 2.59. The van der Waals surface area contributed by atoms with Crippen molar-refractivity contribution in [3.8, 4) is 0 Å². The van der Waals surface area contributed by atoms with E-state index in [2.05, 4.69) is 4.98 Å². The minimum Gasteiger partial charge on any atom is -1.00 e. The maximum atomic E-state index is 9.63. The number of halogens is 1. The van der Waals surface area contributed by atoms with Gasteiger partial charge in [-0.25, -0.2) is 0 Å². The van der Waals surface area contributed by atoms with E-state index >= 15 is 0 Å². The molecule has 3 rings (SSSR count). The molecule has 0 aliphatic rings. The van der Waals surface area contributed by atoms with Crippen molar-refractivity contribution in [2.24, 2.45) is 0 Å². The van der Waals surface area contributed by atoms with E-state index in [1.807, 2.05) is 65.6 Å². The van der Waals surface area contributed by atoms with Gasteiger partial charge < -0.3 is 22.3 Å². The number of hydrogen-bond acceptors (Lipinski definition) is 3. The molecule has 0 radical (unpaired) electrons. The number of rotatable bonds is 6. The van der Waals surface area contributed by atoms with E-state index in [0.717, 1.165) is 16.3 Å². The number of aliphatic hydroxyl groups is 1. The smallest absolute Gasteiger partial charge is 0.204 e. The van der Waals surface area contributed by atoms with E-state index in [9.17, 15) is 5.11 Å². The van der Waals surface area contributed by atoms with Crippen molar-refractivity contribution in [3.63, 3.8) is 0 Å². The zero-order valence-electron chi connectivity index (χ0n) is 12.7. The molecule has 0 bridgehead atoms. The quantitative estimate of drug-likeness (QED) is 0.607. The van der Waals surface area contributed by atoms with Crippen molar-refractivity contribution in [3.05, 3.63) is 72.8 Å². The second kappa shape index (κ2) is 8.58. The fourth-order valence-corrected chi connectivity index (χ4v) is 2.39. The number of aliphatic hydroxyl groups excluding tert-OH is 1. The van der Waals surface area contributed by atoms with Crippen LogP contribution >= 0.6 is 0 Å². The third-order valence-electron chi connectivity index (χ3n) is 3.66. The van der Waals surface area contributed by atoms with Gasteiger partial charge in [-0.1, -0.05) is 30.3 Å². The van der Waals surface area contributed by atoms with Crippen LogP contribution in [0, 0.1) is 0 Å². The van der Waals surface area contributed by atoms with Gasteiger partial charge in [0.05, 0.1) is 12.0 Å². The van der Waals surface area contributed by atoms with Crippen LogP contribution in [0.25, 0.3) is 10.8 Å². The van der Waals surface area contributed by atoms with Crippen LogP contribution in [0.15, 0.2) is 67.3 Å². The summed E-state index contributed by atoms with van der Waals surface area (Å²) in [4.78, 5) is 4.13. The van der Waals surface area contributed by atoms with E-state index in [0.29, 0.717) is 13.2 Å². The monoisotopic (exact) mass is 330 g/mol. The molecule has 120 valence electrons. The molecule has 0 aliphatic carbocycles. The van der Waals surface area contributed by atoms with Crippen LogP contribution in [0.1, 0.15) is 11.6 Å². The molecule has 0 saturated heterocycles. The zero-order chi connectivity index (χ0) is 15.2. The summed E-state index contributed by atoms with van der Waals surface area (Å²) in [6.07, 6.45) is 7.56. The van der Waals surface area contributed by atoms with Gasteiger partial charge in [0.25, 0.3) is 0 Å². The third-order valence-corrected chi connectivity index (χ3v) is 3.66. The van der Waals surface area contributed by atoms with E-state index in [-0.39, 0.29) is 25.1 Å². The highest BCUT2D eigenvalue weighted by Crippen LogP contribution is 2.10. The van der Waals surface area contributed by atoms with Crippen LogP contribution in [-0.4, -0.2) is 23.3 Å². The molecule has 1 atom stereocenters. The van der Waals surface area contributed by atoms with Gasteiger partial charge in [0, 0.05) is 18.5 Å². The molecule has 2 aromatic heterocycles. The second-order valence-corrected chi connectivity index (χ2v) is 5.23. The van der Waals surface area contributed by atoms with E-state index < -0.39 is 0 Å². The first-order chi connectivity index (χ1) is 10.9. The maximum absolute atomic E-state index is 9.63. The minimum atomic E-state index is -0.103. The van der Waals surface area contributed by atoms with Crippen molar-refractivity contribution in [2.75, 3.05) is 13.2 Å². The van der Waals surface area contributed by atoms with Crippen LogP contribution in [-0.2, 0) is 11.3 Å². The second-order valence-electron chi connectivity index (χ2n) is 5.23. The largest absolute Gasteiger partial charge is 1.00 e. The molecule has 5 heteroatoms. The Morgan fingerprint density at radius 2 is 1.91 bits per heavy atom. The number of pyridine rings is 2. The number of fused-ring (bicyclic) bond motifs is 1. The summed E-state index contributed by atoms with van der Waals surface area (Å²) in [7, 11) is 0. The highest BCUT2D eigenvalue weighted by atomic mass is 35.5. The molecule has 4 nitrogen and oxygen atoms in total. The van der Waals surface area contributed by atoms with Gasteiger partial charge in [-0.3, -0.25) is 4.98 Å². The molecule has 0 spiro atoms. The van der Waals surface area contributed by atoms with Gasteiger partial charge in [0.2, 0.25) is 6.04 Å². The lowest BCUT2D eigenvalue weighted by Crippen LogP contribution is -3.00. The Morgan fingerprint density at radius 3 is 2.70 bits per heavy atom. The zero-order valence-corrected chi connectivity index (χ0v) is 13.4. The summed E-state index contributed by atoms with van der Waals surface area (Å²) in [6, 6.07) is 13.9. The molecule has 3 aromatic rings. The first kappa shape index (κ1) is 17.3. The first-order valence-electron chi connectivity index (χ1n) is 7.34. The Kier molecular flexibility index (Phi) is 6.47. The number of ether oxygens (including phenoxy) is 1. The van der Waals surface area contributed by atoms with Crippen molar-refractivity contribution in [1.82, 2.24) is 4.98 Å². The number of aromatic nitrogens is 2. The standard InChI is InChI=1S/C18H19N2O2.ClH/c21-12-18(14-22-13-15-4-2-1-3-5-15)20-9-7-16-6-8-19-10-17(16)11-20;/h1-11,18,21H,12-14H2;1H/q+1;/p-1/t18-;/m0./s1. The molecule has 1 N–H and O–H groups in total. The van der Waals surface area contributed by atoms with Crippen LogP contribution in [0.4, 0.5) is 0 Å². The molecule has 2 heterocycles. The summed E-state index contributed by atoms with van der Waals surface area (Å²) in [5.41, 5.74) is 1.13. The van der Waals surface area contributed by atoms with Gasteiger partial charge in [0.15, 0.2) is 12.4 Å². The third kappa shape index (κ3) is 4.48. The first-order valence-corrected chi connectivity index (χ1v) is 7.34. The Morgan fingerprint density at radius 1 is 1.09 bits per heavy atom. The Hall–Kier alpha value is -2.01. The van der Waals surface area contributed by atoms with E-state index in [1.54, 1.807) is 6.20 Å². The minimum absolute atomic E-state index is 0. The Bertz CT molecular complexity index is 737. The van der Waals surface area contributed by atoms with Crippen LogP contribution in [0.5, 0.6) is 0 Å². The molecule has 0 saturated carbocycles. The Labute approximate surface area is 141 Å². The molecular weight excluding hydrogens is 312 g/mol. The molecule has 0 amide bonds. The fraction of sp³-hybridized carbons (Fsp3) is 0.222. The van der Waals surface area contributed by atoms with Crippen molar-refractivity contribution < 1.29 is 26.8 Å². The summed E-state index contributed by atoms with van der Waals surface area (Å²) in [5.74, 6) is 0. The molecule has 0 aliphatic heterocycles. The molecule has 23 heavy (non-hydrogen) atoms. The summed E-state index contributed by atoms with van der Waals surface area (Å²) in [6.45, 7) is 1.04. The average molecular weight is 331 g/mol. The predicted molar refractivity (Wildman–Crippen MR) is 84.2 cm³/mol. The summed E-state index contributed by atoms with van der Waals surface area (Å²) >= 11 is 0. The van der Waals surface area contributed by atoms with Crippen LogP contribution < -0.4 is 17.0 Å². The van der Waals surface area contributed by atoms with Crippen LogP contribution in [0.2, 0.25) is 0 Å². The number of nitrogens with zero attached hydrogens (tertiary/aromatic N) is 2. The summed E-state index contributed by atoms with van der Waals surface area (Å²) in [5, 5.41) is 11.8. The van der Waals surface area contributed by atoms with E-state index in [1.165, 1.54) is 0 Å². The molecular formula is C18H19ClN2O2. The van der Waals surface area contributed by atoms with Crippen molar-refractivity contribution >= 4 is 10.8 Å². The molecule has 1 aromatic carbocycles. The normalized spacial score (nSPS) is 11.9. The van der Waals surface area contributed by atoms with Gasteiger partial charge in [-0.15, -0.1) is 0 Å². The number of hydrogen-bond donors (Lipinski definition) is 1. The number of benzene rings is 1. The highest BCUT2D eigenvalue weighted by Gasteiger charge is 2.18.